The smallest absolute Gasteiger partial charge is 0.317 e. The Morgan fingerprint density at radius 1 is 1.27 bits per heavy atom. The van der Waals surface area contributed by atoms with Crippen molar-refractivity contribution in [3.8, 4) is 0 Å². The first kappa shape index (κ1) is 28.3. The number of unbranched alkanes of at least 4 members (excludes halogenated alkanes) is 1. The fourth-order valence-electron chi connectivity index (χ4n) is 6.10. The van der Waals surface area contributed by atoms with E-state index in [1.54, 1.807) is 18.4 Å². The molecule has 0 radical (unpaired) electrons. The van der Waals surface area contributed by atoms with Crippen LogP contribution in [0.1, 0.15) is 63.4 Å². The van der Waals surface area contributed by atoms with Crippen LogP contribution in [0.5, 0.6) is 0 Å². The van der Waals surface area contributed by atoms with Crippen molar-refractivity contribution in [2.24, 2.45) is 5.92 Å². The van der Waals surface area contributed by atoms with E-state index in [2.05, 4.69) is 28.1 Å². The molecule has 2 amide bonds. The van der Waals surface area contributed by atoms with E-state index in [0.29, 0.717) is 38.6 Å². The fourth-order valence-corrected chi connectivity index (χ4v) is 7.09. The maximum atomic E-state index is 13.4. The third-order valence-corrected chi connectivity index (χ3v) is 9.07. The lowest BCUT2D eigenvalue weighted by atomic mass is 9.82. The number of fused-ring (bicyclic) bond motifs is 1. The summed E-state index contributed by atoms with van der Waals surface area (Å²) in [5.74, 6) is 0.688. The first-order valence-electron chi connectivity index (χ1n) is 14.0. The maximum Gasteiger partial charge on any atom is 0.317 e. The van der Waals surface area contributed by atoms with Gasteiger partial charge in [-0.15, -0.1) is 11.3 Å². The van der Waals surface area contributed by atoms with Crippen molar-refractivity contribution in [3.63, 3.8) is 0 Å². The summed E-state index contributed by atoms with van der Waals surface area (Å²) in [6.45, 7) is 2.73. The van der Waals surface area contributed by atoms with Gasteiger partial charge in [-0.1, -0.05) is 50.3 Å². The van der Waals surface area contributed by atoms with Crippen LogP contribution in [0.3, 0.4) is 0 Å². The Bertz CT molecular complexity index is 979. The zero-order chi connectivity index (χ0) is 26.1. The molecule has 4 rings (SSSR count). The summed E-state index contributed by atoms with van der Waals surface area (Å²) in [7, 11) is 3.65. The van der Waals surface area contributed by atoms with Gasteiger partial charge in [0.15, 0.2) is 0 Å². The number of nitrogens with zero attached hydrogens (tertiary/aromatic N) is 1. The standard InChI is InChI=1S/C29H45N3O4S/c1-30-20-24(19-22-9-4-3-5-10-22)31-28(33)32-15-17-36-26(21-32)29(34,14-6-7-16-35-2)25-12-8-11-23-13-18-37-27(23)25/h8,11-13,18,22,24,26,30,34H,3-7,9-10,14-17,19-21H2,1-2H3,(H,31,33)/t24?,26-,29+/m0/s1. The highest BCUT2D eigenvalue weighted by molar-refractivity contribution is 7.17. The monoisotopic (exact) mass is 531 g/mol. The summed E-state index contributed by atoms with van der Waals surface area (Å²) >= 11 is 1.65. The van der Waals surface area contributed by atoms with E-state index in [1.807, 2.05) is 24.1 Å². The number of methoxy groups -OCH3 is 1. The number of carbonyl (C=O) groups excluding carboxylic acids is 1. The lowest BCUT2D eigenvalue weighted by molar-refractivity contribution is -0.145. The van der Waals surface area contributed by atoms with Crippen LogP contribution in [0.2, 0.25) is 0 Å². The van der Waals surface area contributed by atoms with Crippen molar-refractivity contribution in [1.82, 2.24) is 15.5 Å². The molecular weight excluding hydrogens is 486 g/mol. The van der Waals surface area contributed by atoms with E-state index in [9.17, 15) is 9.90 Å². The first-order chi connectivity index (χ1) is 18.0. The van der Waals surface area contributed by atoms with Crippen molar-refractivity contribution in [1.29, 1.82) is 0 Å². The van der Waals surface area contributed by atoms with Crippen molar-refractivity contribution >= 4 is 27.5 Å². The molecule has 1 aromatic heterocycles. The van der Waals surface area contributed by atoms with Crippen molar-refractivity contribution < 1.29 is 19.4 Å². The second-order valence-electron chi connectivity index (χ2n) is 10.8. The molecule has 0 spiro atoms. The van der Waals surface area contributed by atoms with Gasteiger partial charge in [0.05, 0.1) is 13.2 Å². The first-order valence-corrected chi connectivity index (χ1v) is 14.9. The fraction of sp³-hybridized carbons (Fsp3) is 0.690. The summed E-state index contributed by atoms with van der Waals surface area (Å²) in [5.41, 5.74) is -0.293. The van der Waals surface area contributed by atoms with E-state index < -0.39 is 11.7 Å². The van der Waals surface area contributed by atoms with Crippen molar-refractivity contribution in [2.75, 3.05) is 47.0 Å². The summed E-state index contributed by atoms with van der Waals surface area (Å²) < 4.78 is 12.6. The molecule has 1 unspecified atom stereocenters. The Kier molecular flexibility index (Phi) is 10.6. The lowest BCUT2D eigenvalue weighted by Crippen LogP contribution is -2.58. The number of rotatable bonds is 12. The van der Waals surface area contributed by atoms with Crippen LogP contribution >= 0.6 is 11.3 Å². The zero-order valence-corrected chi connectivity index (χ0v) is 23.4. The number of likely N-dealkylation sites (N-methyl/N-ethyl adjacent to an activating group) is 1. The van der Waals surface area contributed by atoms with E-state index in [0.717, 1.165) is 41.5 Å². The highest BCUT2D eigenvalue weighted by atomic mass is 32.1. The number of ether oxygens (including phenoxy) is 2. The van der Waals surface area contributed by atoms with Gasteiger partial charge in [0.25, 0.3) is 0 Å². The van der Waals surface area contributed by atoms with Crippen LogP contribution < -0.4 is 10.6 Å². The summed E-state index contributed by atoms with van der Waals surface area (Å²) in [6.07, 6.45) is 9.21. The summed E-state index contributed by atoms with van der Waals surface area (Å²) in [4.78, 5) is 15.3. The number of morpholine rings is 1. The molecule has 2 aliphatic rings. The van der Waals surface area contributed by atoms with Gasteiger partial charge in [0.1, 0.15) is 11.7 Å². The molecule has 1 aliphatic heterocycles. The highest BCUT2D eigenvalue weighted by Gasteiger charge is 2.43. The molecule has 2 fully saturated rings. The third-order valence-electron chi connectivity index (χ3n) is 8.11. The van der Waals surface area contributed by atoms with Gasteiger partial charge in [0.2, 0.25) is 0 Å². The Labute approximate surface area is 225 Å². The highest BCUT2D eigenvalue weighted by Crippen LogP contribution is 2.40. The van der Waals surface area contributed by atoms with E-state index in [-0.39, 0.29) is 12.1 Å². The van der Waals surface area contributed by atoms with Crippen LogP contribution in [0.15, 0.2) is 29.6 Å². The van der Waals surface area contributed by atoms with E-state index >= 15 is 0 Å². The van der Waals surface area contributed by atoms with Gasteiger partial charge in [-0.25, -0.2) is 4.79 Å². The number of hydrogen-bond acceptors (Lipinski definition) is 6. The van der Waals surface area contributed by atoms with Crippen LogP contribution in [-0.4, -0.2) is 75.2 Å². The molecule has 1 saturated heterocycles. The molecule has 1 aromatic carbocycles. The molecule has 1 saturated carbocycles. The normalized spacial score (nSPS) is 21.6. The van der Waals surface area contributed by atoms with Crippen molar-refractivity contribution in [2.45, 2.75) is 75.5 Å². The quantitative estimate of drug-likeness (QED) is 0.340. The molecule has 1 aliphatic carbocycles. The molecule has 3 atom stereocenters. The van der Waals surface area contributed by atoms with Gasteiger partial charge in [-0.05, 0) is 55.5 Å². The predicted molar refractivity (Wildman–Crippen MR) is 150 cm³/mol. The van der Waals surface area contributed by atoms with Crippen LogP contribution in [0.25, 0.3) is 10.1 Å². The molecule has 2 heterocycles. The maximum absolute atomic E-state index is 13.4. The van der Waals surface area contributed by atoms with Gasteiger partial charge in [0, 0.05) is 43.1 Å². The average molecular weight is 532 g/mol. The SMILES string of the molecule is CNCC(CC1CCCCC1)NC(=O)N1CCO[C@H]([C@@](O)(CCCCOC)c2cccc3ccsc23)C1. The molecule has 3 N–H and O–H groups in total. The minimum Gasteiger partial charge on any atom is -0.385 e. The Balaban J connectivity index is 1.48. The number of thiophene rings is 1. The van der Waals surface area contributed by atoms with Gasteiger partial charge in [-0.2, -0.15) is 0 Å². The Morgan fingerprint density at radius 3 is 2.89 bits per heavy atom. The zero-order valence-electron chi connectivity index (χ0n) is 22.5. The predicted octanol–water partition coefficient (Wildman–Crippen LogP) is 4.87. The molecule has 8 heteroatoms. The van der Waals surface area contributed by atoms with Crippen LogP contribution in [0, 0.1) is 5.92 Å². The van der Waals surface area contributed by atoms with Crippen LogP contribution in [-0.2, 0) is 15.1 Å². The molecule has 37 heavy (non-hydrogen) atoms. The summed E-state index contributed by atoms with van der Waals surface area (Å²) in [5, 5.41) is 22.0. The number of nitrogens with one attached hydrogen (secondary N) is 2. The third kappa shape index (κ3) is 7.24. The second-order valence-corrected chi connectivity index (χ2v) is 11.7. The number of benzene rings is 1. The number of hydrogen-bond donors (Lipinski definition) is 3. The Hall–Kier alpha value is -1.71. The Morgan fingerprint density at radius 2 is 2.11 bits per heavy atom. The number of carbonyl (C=O) groups is 1. The second kappa shape index (κ2) is 13.9. The average Bonchev–Trinajstić information content (AvgIpc) is 3.41. The topological polar surface area (TPSA) is 83.1 Å². The number of urea groups is 1. The number of aliphatic hydroxyl groups is 1. The summed E-state index contributed by atoms with van der Waals surface area (Å²) in [6, 6.07) is 8.24. The van der Waals surface area contributed by atoms with Gasteiger partial charge < -0.3 is 30.1 Å². The molecule has 206 valence electrons. The molecule has 7 nitrogen and oxygen atoms in total. The molecule has 0 bridgehead atoms. The minimum atomic E-state index is -1.19. The molecular formula is C29H45N3O4S. The van der Waals surface area contributed by atoms with Gasteiger partial charge >= 0.3 is 6.03 Å². The van der Waals surface area contributed by atoms with Gasteiger partial charge in [-0.3, -0.25) is 0 Å². The minimum absolute atomic E-state index is 0.0552. The largest absolute Gasteiger partial charge is 0.385 e. The van der Waals surface area contributed by atoms with E-state index in [1.165, 1.54) is 32.1 Å². The van der Waals surface area contributed by atoms with E-state index in [4.69, 9.17) is 9.47 Å². The number of amides is 2. The van der Waals surface area contributed by atoms with Crippen molar-refractivity contribution in [3.05, 3.63) is 35.2 Å². The van der Waals surface area contributed by atoms with Crippen LogP contribution in [0.4, 0.5) is 4.79 Å². The lowest BCUT2D eigenvalue weighted by Gasteiger charge is -2.43. The molecule has 2 aromatic rings.